The van der Waals surface area contributed by atoms with Gasteiger partial charge in [-0.1, -0.05) is 12.0 Å². The Morgan fingerprint density at radius 2 is 2.15 bits per heavy atom. The summed E-state index contributed by atoms with van der Waals surface area (Å²) in [5, 5.41) is 11.6. The topological polar surface area (TPSA) is 97.8 Å². The van der Waals surface area contributed by atoms with E-state index in [0.717, 1.165) is 0 Å². The van der Waals surface area contributed by atoms with Crippen LogP contribution in [0, 0.1) is 12.3 Å². The van der Waals surface area contributed by atoms with Crippen molar-refractivity contribution in [3.8, 4) is 23.8 Å². The Bertz CT molecular complexity index is 884. The average Bonchev–Trinajstić information content (AvgIpc) is 2.65. The maximum atomic E-state index is 12.0. The first kappa shape index (κ1) is 18.5. The quantitative estimate of drug-likeness (QED) is 0.587. The molecule has 0 aliphatic rings. The van der Waals surface area contributed by atoms with Gasteiger partial charge in [-0.05, 0) is 29.8 Å². The summed E-state index contributed by atoms with van der Waals surface area (Å²) >= 11 is 0. The number of anilines is 1. The number of carbonyl (C=O) groups is 2. The molecule has 7 heteroatoms. The fourth-order valence-corrected chi connectivity index (χ4v) is 2.05. The number of terminal acetylenes is 1. The highest BCUT2D eigenvalue weighted by molar-refractivity contribution is 6.05. The number of methoxy groups -OCH3 is 1. The Morgan fingerprint density at radius 3 is 2.85 bits per heavy atom. The molecule has 0 aliphatic heterocycles. The number of carbonyl (C=O) groups excluding carboxylic acids is 1. The largest absolute Gasteiger partial charge is 0.493 e. The molecule has 1 aromatic heterocycles. The van der Waals surface area contributed by atoms with E-state index < -0.39 is 11.9 Å². The molecular weight excluding hydrogens is 336 g/mol. The van der Waals surface area contributed by atoms with Gasteiger partial charge in [0.25, 0.3) is 0 Å². The smallest absolute Gasteiger partial charge is 0.339 e. The van der Waals surface area contributed by atoms with E-state index >= 15 is 0 Å². The van der Waals surface area contributed by atoms with Gasteiger partial charge in [0, 0.05) is 18.5 Å². The van der Waals surface area contributed by atoms with Crippen molar-refractivity contribution < 1.29 is 24.2 Å². The van der Waals surface area contributed by atoms with Crippen molar-refractivity contribution in [3.63, 3.8) is 0 Å². The molecule has 0 aliphatic carbocycles. The van der Waals surface area contributed by atoms with Crippen molar-refractivity contribution in [3.05, 3.63) is 53.9 Å². The van der Waals surface area contributed by atoms with Crippen molar-refractivity contribution in [2.24, 2.45) is 0 Å². The van der Waals surface area contributed by atoms with E-state index in [1.54, 1.807) is 24.3 Å². The van der Waals surface area contributed by atoms with Crippen molar-refractivity contribution in [1.29, 1.82) is 0 Å². The Kier molecular flexibility index (Phi) is 6.34. The van der Waals surface area contributed by atoms with Gasteiger partial charge in [0.05, 0.1) is 12.8 Å². The van der Waals surface area contributed by atoms with Crippen LogP contribution in [-0.2, 0) is 4.79 Å². The van der Waals surface area contributed by atoms with Crippen molar-refractivity contribution >= 4 is 23.6 Å². The first-order valence-corrected chi connectivity index (χ1v) is 7.46. The highest BCUT2D eigenvalue weighted by Crippen LogP contribution is 2.28. The minimum Gasteiger partial charge on any atom is -0.493 e. The molecule has 0 radical (unpaired) electrons. The summed E-state index contributed by atoms with van der Waals surface area (Å²) in [7, 11) is 1.50. The van der Waals surface area contributed by atoms with Crippen LogP contribution in [0.5, 0.6) is 11.5 Å². The molecular formula is C19H16N2O5. The Hall–Kier alpha value is -3.79. The molecule has 7 nitrogen and oxygen atoms in total. The first-order chi connectivity index (χ1) is 12.5. The first-order valence-electron chi connectivity index (χ1n) is 7.46. The van der Waals surface area contributed by atoms with Crippen molar-refractivity contribution in [1.82, 2.24) is 4.98 Å². The van der Waals surface area contributed by atoms with Crippen LogP contribution < -0.4 is 14.8 Å². The minimum absolute atomic E-state index is 0.0917. The summed E-state index contributed by atoms with van der Waals surface area (Å²) in [6.45, 7) is 0.117. The highest BCUT2D eigenvalue weighted by atomic mass is 16.5. The number of aromatic nitrogens is 1. The Balaban J connectivity index is 2.11. The lowest BCUT2D eigenvalue weighted by Crippen LogP contribution is -2.12. The van der Waals surface area contributed by atoms with Crippen LogP contribution in [0.4, 0.5) is 5.69 Å². The number of nitrogens with zero attached hydrogens (tertiary/aromatic N) is 1. The zero-order valence-corrected chi connectivity index (χ0v) is 13.9. The van der Waals surface area contributed by atoms with Gasteiger partial charge in [-0.3, -0.25) is 9.78 Å². The second-order valence-electron chi connectivity index (χ2n) is 4.95. The molecule has 26 heavy (non-hydrogen) atoms. The summed E-state index contributed by atoms with van der Waals surface area (Å²) in [6, 6.07) is 6.51. The minimum atomic E-state index is -1.18. The van der Waals surface area contributed by atoms with E-state index in [1.165, 1.54) is 31.6 Å². The molecule has 2 N–H and O–H groups in total. The van der Waals surface area contributed by atoms with Gasteiger partial charge in [-0.25, -0.2) is 4.79 Å². The summed E-state index contributed by atoms with van der Waals surface area (Å²) in [5.41, 5.74) is 0.766. The van der Waals surface area contributed by atoms with Crippen molar-refractivity contribution in [2.75, 3.05) is 19.0 Å². The molecule has 0 saturated carbocycles. The molecule has 1 aromatic carbocycles. The highest BCUT2D eigenvalue weighted by Gasteiger charge is 2.11. The van der Waals surface area contributed by atoms with Crippen LogP contribution in [0.25, 0.3) is 6.08 Å². The summed E-state index contributed by atoms with van der Waals surface area (Å²) in [6.07, 6.45) is 10.6. The Labute approximate surface area is 150 Å². The third-order valence-corrected chi connectivity index (χ3v) is 3.24. The number of hydrogen-bond acceptors (Lipinski definition) is 5. The van der Waals surface area contributed by atoms with Crippen LogP contribution in [0.15, 0.2) is 42.7 Å². The lowest BCUT2D eigenvalue weighted by atomic mass is 10.2. The summed E-state index contributed by atoms with van der Waals surface area (Å²) < 4.78 is 10.6. The lowest BCUT2D eigenvalue weighted by molar-refractivity contribution is -0.111. The number of pyridine rings is 1. The normalized spacial score (nSPS) is 10.2. The van der Waals surface area contributed by atoms with Crippen LogP contribution in [0.3, 0.4) is 0 Å². The SMILES string of the molecule is C#CCOc1ccc(C=CC(=O)Nc2ccncc2C(=O)O)cc1OC. The van der Waals surface area contributed by atoms with Crippen LogP contribution in [0.2, 0.25) is 0 Å². The second-order valence-corrected chi connectivity index (χ2v) is 4.95. The molecule has 0 spiro atoms. The van der Waals surface area contributed by atoms with E-state index in [1.807, 2.05) is 0 Å². The third-order valence-electron chi connectivity index (χ3n) is 3.24. The molecule has 0 unspecified atom stereocenters. The van der Waals surface area contributed by atoms with Gasteiger partial charge in [0.1, 0.15) is 12.2 Å². The second kappa shape index (κ2) is 8.89. The van der Waals surface area contributed by atoms with Gasteiger partial charge in [-0.2, -0.15) is 0 Å². The predicted molar refractivity (Wildman–Crippen MR) is 96.2 cm³/mol. The van der Waals surface area contributed by atoms with Crippen LogP contribution in [0.1, 0.15) is 15.9 Å². The van der Waals surface area contributed by atoms with Gasteiger partial charge in [0.15, 0.2) is 11.5 Å². The van der Waals surface area contributed by atoms with Gasteiger partial charge < -0.3 is 19.9 Å². The predicted octanol–water partition coefficient (Wildman–Crippen LogP) is 2.45. The van der Waals surface area contributed by atoms with E-state index in [4.69, 9.17) is 21.0 Å². The molecule has 1 heterocycles. The Morgan fingerprint density at radius 1 is 1.35 bits per heavy atom. The van der Waals surface area contributed by atoms with Gasteiger partial charge >= 0.3 is 5.97 Å². The molecule has 1 amide bonds. The zero-order valence-electron chi connectivity index (χ0n) is 13.9. The molecule has 0 atom stereocenters. The van der Waals surface area contributed by atoms with Crippen LogP contribution >= 0.6 is 0 Å². The number of carboxylic acid groups (broad SMARTS) is 1. The standard InChI is InChI=1S/C19H16N2O5/c1-3-10-26-16-6-4-13(11-17(16)25-2)5-7-18(22)21-15-8-9-20-12-14(15)19(23)24/h1,4-9,11-12H,10H2,2H3,(H,23,24)(H,20,21,22). The molecule has 0 fully saturated rings. The van der Waals surface area contributed by atoms with Gasteiger partial charge in [0.2, 0.25) is 5.91 Å². The zero-order chi connectivity index (χ0) is 18.9. The van der Waals surface area contributed by atoms with Gasteiger partial charge in [-0.15, -0.1) is 6.42 Å². The lowest BCUT2D eigenvalue weighted by Gasteiger charge is -2.09. The van der Waals surface area contributed by atoms with E-state index in [2.05, 4.69) is 16.2 Å². The maximum Gasteiger partial charge on any atom is 0.339 e. The fraction of sp³-hybridized carbons (Fsp3) is 0.105. The number of nitrogens with one attached hydrogen (secondary N) is 1. The molecule has 2 aromatic rings. The molecule has 0 bridgehead atoms. The fourth-order valence-electron chi connectivity index (χ4n) is 2.05. The van der Waals surface area contributed by atoms with Crippen molar-refractivity contribution in [2.45, 2.75) is 0 Å². The van der Waals surface area contributed by atoms with E-state index in [9.17, 15) is 9.59 Å². The number of benzene rings is 1. The summed E-state index contributed by atoms with van der Waals surface area (Å²) in [4.78, 5) is 26.9. The van der Waals surface area contributed by atoms with E-state index in [-0.39, 0.29) is 17.9 Å². The molecule has 132 valence electrons. The summed E-state index contributed by atoms with van der Waals surface area (Å²) in [5.74, 6) is 1.68. The number of rotatable bonds is 7. The third kappa shape index (κ3) is 4.85. The monoisotopic (exact) mass is 352 g/mol. The molecule has 0 saturated heterocycles. The average molecular weight is 352 g/mol. The number of ether oxygens (including phenoxy) is 2. The number of aromatic carboxylic acids is 1. The number of carboxylic acids is 1. The number of amides is 1. The molecule has 2 rings (SSSR count). The van der Waals surface area contributed by atoms with E-state index in [0.29, 0.717) is 17.1 Å². The van der Waals surface area contributed by atoms with Crippen LogP contribution in [-0.4, -0.2) is 35.7 Å². The maximum absolute atomic E-state index is 12.0. The number of hydrogen-bond donors (Lipinski definition) is 2.